The number of aryl methyl sites for hydroxylation is 1. The van der Waals surface area contributed by atoms with Gasteiger partial charge in [-0.1, -0.05) is 18.2 Å². The van der Waals surface area contributed by atoms with E-state index in [4.69, 9.17) is 0 Å². The van der Waals surface area contributed by atoms with Crippen LogP contribution in [0.2, 0.25) is 0 Å². The minimum absolute atomic E-state index is 0.743. The van der Waals surface area contributed by atoms with Gasteiger partial charge in [0.05, 0.1) is 5.56 Å². The second kappa shape index (κ2) is 5.55. The van der Waals surface area contributed by atoms with Gasteiger partial charge in [-0.25, -0.2) is 0 Å². The first-order chi connectivity index (χ1) is 7.86. The standard InChI is InChI=1S/C12H13NOS2/c1-15-12-11(13-14)10-7-3-2-5-9(10)6-4-8-16-12/h2-3,5,7H,4,6,8H2,1H3/p+1. The van der Waals surface area contributed by atoms with E-state index in [2.05, 4.69) is 11.2 Å². The van der Waals surface area contributed by atoms with E-state index in [-0.39, 0.29) is 0 Å². The van der Waals surface area contributed by atoms with Gasteiger partial charge in [0.1, 0.15) is 4.24 Å². The van der Waals surface area contributed by atoms with Crippen LogP contribution in [-0.4, -0.2) is 12.0 Å². The molecular weight excluding hydrogens is 238 g/mol. The summed E-state index contributed by atoms with van der Waals surface area (Å²) in [5.74, 6) is 1.08. The molecular formula is C12H14NOS2+. The Morgan fingerprint density at radius 3 is 2.94 bits per heavy atom. The lowest BCUT2D eigenvalue weighted by Gasteiger charge is -2.11. The summed E-state index contributed by atoms with van der Waals surface area (Å²) in [7, 11) is 0. The van der Waals surface area contributed by atoms with Crippen molar-refractivity contribution in [1.29, 1.82) is 0 Å². The van der Waals surface area contributed by atoms with Gasteiger partial charge in [-0.2, -0.15) is 0 Å². The molecule has 1 aliphatic rings. The Morgan fingerprint density at radius 1 is 1.38 bits per heavy atom. The van der Waals surface area contributed by atoms with Gasteiger partial charge in [-0.3, -0.25) is 0 Å². The van der Waals surface area contributed by atoms with E-state index in [1.807, 2.05) is 24.5 Å². The molecule has 0 bridgehead atoms. The third kappa shape index (κ3) is 2.33. The molecule has 0 radical (unpaired) electrons. The lowest BCUT2D eigenvalue weighted by molar-refractivity contribution is -0.369. The first kappa shape index (κ1) is 11.7. The second-order valence-electron chi connectivity index (χ2n) is 3.58. The SMILES string of the molecule is CSC1=C([NH+]=O)c2ccccc2CCCS1. The van der Waals surface area contributed by atoms with Crippen LogP contribution >= 0.6 is 23.5 Å². The van der Waals surface area contributed by atoms with Crippen molar-refractivity contribution >= 4 is 29.2 Å². The first-order valence-corrected chi connectivity index (χ1v) is 7.45. The Kier molecular flexibility index (Phi) is 4.07. The van der Waals surface area contributed by atoms with Crippen LogP contribution in [0, 0.1) is 4.91 Å². The van der Waals surface area contributed by atoms with Gasteiger partial charge in [0.2, 0.25) is 0 Å². The van der Waals surface area contributed by atoms with Crippen LogP contribution in [0.3, 0.4) is 0 Å². The summed E-state index contributed by atoms with van der Waals surface area (Å²) in [6.45, 7) is 0. The Hall–Kier alpha value is -0.740. The van der Waals surface area contributed by atoms with Crippen LogP contribution in [0.5, 0.6) is 0 Å². The Balaban J connectivity index is 2.57. The predicted molar refractivity (Wildman–Crippen MR) is 72.0 cm³/mol. The summed E-state index contributed by atoms with van der Waals surface area (Å²) in [6.07, 6.45) is 4.23. The topological polar surface area (TPSA) is 31.0 Å². The monoisotopic (exact) mass is 252 g/mol. The van der Waals surface area contributed by atoms with Gasteiger partial charge in [0.25, 0.3) is 5.70 Å². The van der Waals surface area contributed by atoms with Crippen LogP contribution in [0.15, 0.2) is 28.5 Å². The molecule has 2 nitrogen and oxygen atoms in total. The highest BCUT2D eigenvalue weighted by Gasteiger charge is 2.21. The second-order valence-corrected chi connectivity index (χ2v) is 5.76. The predicted octanol–water partition coefficient (Wildman–Crippen LogP) is 2.20. The summed E-state index contributed by atoms with van der Waals surface area (Å²) in [4.78, 5) is 11.1. The Labute approximate surface area is 104 Å². The van der Waals surface area contributed by atoms with Crippen LogP contribution in [0.25, 0.3) is 5.70 Å². The number of nitroso groups, excluding NO2 is 1. The molecule has 0 spiro atoms. The van der Waals surface area contributed by atoms with Crippen LogP contribution < -0.4 is 5.18 Å². The lowest BCUT2D eigenvalue weighted by atomic mass is 10.0. The highest BCUT2D eigenvalue weighted by atomic mass is 32.2. The van der Waals surface area contributed by atoms with Gasteiger partial charge >= 0.3 is 0 Å². The molecule has 1 N–H and O–H groups in total. The van der Waals surface area contributed by atoms with Crippen molar-refractivity contribution in [3.05, 3.63) is 44.5 Å². The van der Waals surface area contributed by atoms with Crippen LogP contribution in [0.1, 0.15) is 17.5 Å². The summed E-state index contributed by atoms with van der Waals surface area (Å²) in [5, 5.41) is 2.12. The van der Waals surface area contributed by atoms with Gasteiger partial charge < -0.3 is 0 Å². The average Bonchev–Trinajstić information content (AvgIpc) is 2.31. The van der Waals surface area contributed by atoms with Crippen molar-refractivity contribution < 1.29 is 5.18 Å². The average molecular weight is 252 g/mol. The summed E-state index contributed by atoms with van der Waals surface area (Å²) < 4.78 is 1.10. The molecule has 0 unspecified atom stereocenters. The van der Waals surface area contributed by atoms with Crippen molar-refractivity contribution in [2.24, 2.45) is 0 Å². The van der Waals surface area contributed by atoms with E-state index >= 15 is 0 Å². The number of fused-ring (bicyclic) bond motifs is 1. The molecule has 1 heterocycles. The van der Waals surface area contributed by atoms with E-state index < -0.39 is 0 Å². The van der Waals surface area contributed by atoms with Crippen molar-refractivity contribution in [3.63, 3.8) is 0 Å². The molecule has 0 saturated carbocycles. The van der Waals surface area contributed by atoms with Crippen molar-refractivity contribution in [2.75, 3.05) is 12.0 Å². The summed E-state index contributed by atoms with van der Waals surface area (Å²) in [6, 6.07) is 8.16. The minimum atomic E-state index is 0.743. The highest BCUT2D eigenvalue weighted by Crippen LogP contribution is 2.35. The molecule has 0 aromatic heterocycles. The number of thioether (sulfide) groups is 2. The number of rotatable bonds is 2. The molecule has 16 heavy (non-hydrogen) atoms. The smallest absolute Gasteiger partial charge is 0.116 e. The highest BCUT2D eigenvalue weighted by molar-refractivity contribution is 8.22. The molecule has 4 heteroatoms. The molecule has 1 aliphatic heterocycles. The zero-order valence-electron chi connectivity index (χ0n) is 9.16. The molecule has 0 aliphatic carbocycles. The molecule has 2 rings (SSSR count). The van der Waals surface area contributed by atoms with E-state index in [0.29, 0.717) is 0 Å². The molecule has 1 aromatic carbocycles. The van der Waals surface area contributed by atoms with Crippen molar-refractivity contribution in [3.8, 4) is 0 Å². The van der Waals surface area contributed by atoms with Gasteiger partial charge in [-0.15, -0.1) is 23.5 Å². The maximum absolute atomic E-state index is 11.1. The first-order valence-electron chi connectivity index (χ1n) is 5.24. The van der Waals surface area contributed by atoms with Crippen molar-refractivity contribution in [1.82, 2.24) is 0 Å². The fourth-order valence-electron chi connectivity index (χ4n) is 1.85. The third-order valence-corrected chi connectivity index (χ3v) is 4.99. The number of hydrogen-bond donors (Lipinski definition) is 1. The molecule has 84 valence electrons. The summed E-state index contributed by atoms with van der Waals surface area (Å²) >= 11 is 3.42. The van der Waals surface area contributed by atoms with Gasteiger partial charge in [0.15, 0.2) is 0 Å². The number of benzene rings is 1. The van der Waals surface area contributed by atoms with Crippen LogP contribution in [0.4, 0.5) is 0 Å². The Bertz CT molecular complexity index is 429. The van der Waals surface area contributed by atoms with E-state index in [1.165, 1.54) is 5.56 Å². The largest absolute Gasteiger partial charge is 0.280 e. The van der Waals surface area contributed by atoms with Crippen LogP contribution in [-0.2, 0) is 6.42 Å². The fourth-order valence-corrected chi connectivity index (χ4v) is 3.70. The van der Waals surface area contributed by atoms with Gasteiger partial charge in [-0.05, 0) is 36.5 Å². The lowest BCUT2D eigenvalue weighted by Crippen LogP contribution is -2.60. The van der Waals surface area contributed by atoms with Gasteiger partial charge in [0, 0.05) is 10.1 Å². The molecule has 0 fully saturated rings. The number of hydrogen-bond acceptors (Lipinski definition) is 3. The zero-order chi connectivity index (χ0) is 11.4. The normalized spacial score (nSPS) is 16.3. The quantitative estimate of drug-likeness (QED) is 0.875. The van der Waals surface area contributed by atoms with E-state index in [1.54, 1.807) is 23.5 Å². The Morgan fingerprint density at radius 2 is 2.19 bits per heavy atom. The van der Waals surface area contributed by atoms with Crippen molar-refractivity contribution in [2.45, 2.75) is 12.8 Å². The molecule has 0 atom stereocenters. The summed E-state index contributed by atoms with van der Waals surface area (Å²) in [5.41, 5.74) is 3.08. The minimum Gasteiger partial charge on any atom is -0.116 e. The number of nitrogens with one attached hydrogen (secondary N) is 1. The maximum Gasteiger partial charge on any atom is 0.280 e. The molecule has 0 amide bonds. The molecule has 0 saturated heterocycles. The fraction of sp³-hybridized carbons (Fsp3) is 0.333. The maximum atomic E-state index is 11.1. The van der Waals surface area contributed by atoms with E-state index in [0.717, 1.165) is 34.1 Å². The molecule has 1 aromatic rings. The third-order valence-electron chi connectivity index (χ3n) is 2.60. The van der Waals surface area contributed by atoms with E-state index in [9.17, 15) is 4.91 Å². The zero-order valence-corrected chi connectivity index (χ0v) is 10.8.